The molecule has 7 nitrogen and oxygen atoms in total. The molecule has 0 spiro atoms. The summed E-state index contributed by atoms with van der Waals surface area (Å²) >= 11 is 0. The zero-order chi connectivity index (χ0) is 25.1. The number of hydrogen-bond donors (Lipinski definition) is 1. The Bertz CT molecular complexity index is 1140. The van der Waals surface area contributed by atoms with E-state index >= 15 is 0 Å². The van der Waals surface area contributed by atoms with Crippen molar-refractivity contribution in [2.45, 2.75) is 64.4 Å². The predicted octanol–water partition coefficient (Wildman–Crippen LogP) is 4.95. The Labute approximate surface area is 201 Å². The summed E-state index contributed by atoms with van der Waals surface area (Å²) in [5.41, 5.74) is 0.928. The number of amides is 2. The van der Waals surface area contributed by atoms with Crippen molar-refractivity contribution >= 4 is 12.0 Å². The van der Waals surface area contributed by atoms with Gasteiger partial charge in [-0.1, -0.05) is 18.2 Å². The predicted molar refractivity (Wildman–Crippen MR) is 120 cm³/mol. The molecule has 3 aliphatic rings. The summed E-state index contributed by atoms with van der Waals surface area (Å²) in [5, 5.41) is 7.11. The second-order valence-electron chi connectivity index (χ2n) is 10.8. The zero-order valence-corrected chi connectivity index (χ0v) is 20.0. The van der Waals surface area contributed by atoms with E-state index in [1.807, 2.05) is 0 Å². The fourth-order valence-corrected chi connectivity index (χ4v) is 5.75. The van der Waals surface area contributed by atoms with E-state index in [0.717, 1.165) is 11.8 Å². The van der Waals surface area contributed by atoms with Gasteiger partial charge in [0.2, 0.25) is 0 Å². The summed E-state index contributed by atoms with van der Waals surface area (Å²) in [4.78, 5) is 29.0. The van der Waals surface area contributed by atoms with Gasteiger partial charge < -0.3 is 9.64 Å². The van der Waals surface area contributed by atoms with E-state index in [2.05, 4.69) is 10.2 Å². The summed E-state index contributed by atoms with van der Waals surface area (Å²) in [6.07, 6.45) is -3.55. The molecule has 1 N–H and O–H groups in total. The number of halogens is 3. The molecule has 1 saturated heterocycles. The number of aromatic nitrogens is 2. The Morgan fingerprint density at radius 1 is 1.03 bits per heavy atom. The normalized spacial score (nSPS) is 24.0. The number of carbonyl (C=O) groups is 2. The van der Waals surface area contributed by atoms with Crippen molar-refractivity contribution in [3.05, 3.63) is 52.3 Å². The minimum Gasteiger partial charge on any atom is -0.444 e. The molecule has 0 unspecified atom stereocenters. The van der Waals surface area contributed by atoms with Crippen molar-refractivity contribution < 1.29 is 27.5 Å². The van der Waals surface area contributed by atoms with E-state index in [4.69, 9.17) is 4.74 Å². The van der Waals surface area contributed by atoms with Gasteiger partial charge in [-0.25, -0.2) is 4.79 Å². The summed E-state index contributed by atoms with van der Waals surface area (Å²) in [6, 6.07) is 5.82. The van der Waals surface area contributed by atoms with Crippen LogP contribution in [0.4, 0.5) is 18.0 Å². The number of fused-ring (bicyclic) bond motifs is 2. The number of aromatic amines is 1. The first-order chi connectivity index (χ1) is 16.4. The SMILES string of the molecule is CC(C)(C)OC(=O)N1Cc2[nH]nc(C(=O)N3C[C@H]4C[C@@H](c5ccccc5C(F)(F)F)C[C@H]4C3)c2C1. The highest BCUT2D eigenvalue weighted by Gasteiger charge is 2.46. The summed E-state index contributed by atoms with van der Waals surface area (Å²) < 4.78 is 45.9. The number of benzene rings is 1. The minimum atomic E-state index is -4.37. The third-order valence-corrected chi connectivity index (χ3v) is 7.25. The molecule has 0 radical (unpaired) electrons. The second kappa shape index (κ2) is 8.27. The second-order valence-corrected chi connectivity index (χ2v) is 10.8. The van der Waals surface area contributed by atoms with E-state index in [0.29, 0.717) is 49.3 Å². The first-order valence-electron chi connectivity index (χ1n) is 11.9. The molecule has 3 atom stereocenters. The van der Waals surface area contributed by atoms with E-state index in [1.54, 1.807) is 37.8 Å². The summed E-state index contributed by atoms with van der Waals surface area (Å²) in [7, 11) is 0. The van der Waals surface area contributed by atoms with Crippen molar-refractivity contribution in [3.63, 3.8) is 0 Å². The Morgan fingerprint density at radius 2 is 1.69 bits per heavy atom. The fraction of sp³-hybridized carbons (Fsp3) is 0.560. The van der Waals surface area contributed by atoms with Crippen LogP contribution < -0.4 is 0 Å². The third-order valence-electron chi connectivity index (χ3n) is 7.25. The Morgan fingerprint density at radius 3 is 2.31 bits per heavy atom. The summed E-state index contributed by atoms with van der Waals surface area (Å²) in [6.45, 7) is 6.96. The van der Waals surface area contributed by atoms with E-state index in [-0.39, 0.29) is 30.2 Å². The van der Waals surface area contributed by atoms with Crippen LogP contribution in [0.5, 0.6) is 0 Å². The first kappa shape index (κ1) is 23.7. The van der Waals surface area contributed by atoms with Gasteiger partial charge in [-0.15, -0.1) is 0 Å². The molecule has 0 bridgehead atoms. The van der Waals surface area contributed by atoms with Crippen LogP contribution in [-0.4, -0.2) is 50.7 Å². The average molecular weight is 491 g/mol. The van der Waals surface area contributed by atoms with Crippen LogP contribution in [-0.2, 0) is 24.0 Å². The molecule has 1 aliphatic carbocycles. The van der Waals surface area contributed by atoms with Gasteiger partial charge in [-0.2, -0.15) is 18.3 Å². The lowest BCUT2D eigenvalue weighted by atomic mass is 9.91. The molecule has 2 aromatic rings. The Hall–Kier alpha value is -3.04. The van der Waals surface area contributed by atoms with Crippen molar-refractivity contribution in [1.82, 2.24) is 20.0 Å². The van der Waals surface area contributed by atoms with Gasteiger partial charge in [0.1, 0.15) is 5.60 Å². The Balaban J connectivity index is 1.24. The zero-order valence-electron chi connectivity index (χ0n) is 20.0. The van der Waals surface area contributed by atoms with Crippen LogP contribution >= 0.6 is 0 Å². The smallest absolute Gasteiger partial charge is 0.416 e. The molecule has 5 rings (SSSR count). The molecule has 3 heterocycles. The highest BCUT2D eigenvalue weighted by molar-refractivity contribution is 5.94. The van der Waals surface area contributed by atoms with Crippen molar-refractivity contribution in [2.24, 2.45) is 11.8 Å². The average Bonchev–Trinajstić information content (AvgIpc) is 3.50. The molecule has 10 heteroatoms. The Kier molecular flexibility index (Phi) is 5.60. The quantitative estimate of drug-likeness (QED) is 0.647. The first-order valence-corrected chi connectivity index (χ1v) is 11.9. The van der Waals surface area contributed by atoms with Gasteiger partial charge in [0.05, 0.1) is 24.3 Å². The number of nitrogens with one attached hydrogen (secondary N) is 1. The third kappa shape index (κ3) is 4.50. The highest BCUT2D eigenvalue weighted by Crippen LogP contribution is 2.49. The molecule has 1 aromatic carbocycles. The molecular weight excluding hydrogens is 461 g/mol. The number of rotatable bonds is 2. The van der Waals surface area contributed by atoms with Crippen molar-refractivity contribution in [1.29, 1.82) is 0 Å². The van der Waals surface area contributed by atoms with E-state index in [9.17, 15) is 22.8 Å². The number of carbonyl (C=O) groups excluding carboxylic acids is 2. The van der Waals surface area contributed by atoms with Crippen LogP contribution in [0, 0.1) is 11.8 Å². The molecular formula is C25H29F3N4O3. The fourth-order valence-electron chi connectivity index (χ4n) is 5.75. The van der Waals surface area contributed by atoms with Crippen LogP contribution in [0.1, 0.15) is 72.4 Å². The van der Waals surface area contributed by atoms with Gasteiger partial charge in [-0.05, 0) is 63.0 Å². The molecule has 2 fully saturated rings. The van der Waals surface area contributed by atoms with E-state index in [1.165, 1.54) is 11.0 Å². The van der Waals surface area contributed by atoms with Gasteiger partial charge in [0, 0.05) is 18.7 Å². The van der Waals surface area contributed by atoms with Gasteiger partial charge in [-0.3, -0.25) is 14.8 Å². The van der Waals surface area contributed by atoms with Crippen LogP contribution in [0.25, 0.3) is 0 Å². The maximum absolute atomic E-state index is 13.5. The number of hydrogen-bond acceptors (Lipinski definition) is 4. The number of ether oxygens (including phenoxy) is 1. The molecule has 35 heavy (non-hydrogen) atoms. The van der Waals surface area contributed by atoms with Crippen molar-refractivity contribution in [2.75, 3.05) is 13.1 Å². The molecule has 1 aromatic heterocycles. The number of nitrogens with zero attached hydrogens (tertiary/aromatic N) is 3. The molecule has 2 aliphatic heterocycles. The van der Waals surface area contributed by atoms with Gasteiger partial charge >= 0.3 is 12.3 Å². The maximum Gasteiger partial charge on any atom is 0.416 e. The lowest BCUT2D eigenvalue weighted by molar-refractivity contribution is -0.138. The van der Waals surface area contributed by atoms with Crippen molar-refractivity contribution in [3.8, 4) is 0 Å². The van der Waals surface area contributed by atoms with Gasteiger partial charge in [0.15, 0.2) is 5.69 Å². The van der Waals surface area contributed by atoms with Crippen LogP contribution in [0.15, 0.2) is 24.3 Å². The monoisotopic (exact) mass is 490 g/mol. The molecule has 1 saturated carbocycles. The molecule has 188 valence electrons. The number of H-pyrrole nitrogens is 1. The van der Waals surface area contributed by atoms with E-state index < -0.39 is 23.4 Å². The number of likely N-dealkylation sites (tertiary alicyclic amines) is 1. The summed E-state index contributed by atoms with van der Waals surface area (Å²) in [5.74, 6) is -0.0294. The molecule has 2 amide bonds. The maximum atomic E-state index is 13.5. The minimum absolute atomic E-state index is 0.155. The lowest BCUT2D eigenvalue weighted by Crippen LogP contribution is -2.34. The highest BCUT2D eigenvalue weighted by atomic mass is 19.4. The van der Waals surface area contributed by atoms with Gasteiger partial charge in [0.25, 0.3) is 5.91 Å². The number of alkyl halides is 3. The van der Waals surface area contributed by atoms with Crippen LogP contribution in [0.2, 0.25) is 0 Å². The topological polar surface area (TPSA) is 78.5 Å². The standard InChI is InChI=1S/C25H29F3N4O3/c1-24(2,3)35-23(34)32-12-18-20(13-32)29-30-21(18)22(33)31-10-15-8-14(9-16(15)11-31)17-6-4-5-7-19(17)25(26,27)28/h4-7,14-16H,8-13H2,1-3H3,(H,29,30)/t14-,15-,16+. The van der Waals surface area contributed by atoms with Crippen LogP contribution in [0.3, 0.4) is 0 Å². The largest absolute Gasteiger partial charge is 0.444 e. The lowest BCUT2D eigenvalue weighted by Gasteiger charge is -2.24.